The van der Waals surface area contributed by atoms with Crippen LogP contribution < -0.4 is 11.5 Å². The smallest absolute Gasteiger partial charge is 0.320 e. The number of Topliss-reactive ketones (excluding diaryl/α,β-unsaturated/α-hetero) is 1. The Morgan fingerprint density at radius 2 is 1.61 bits per heavy atom. The van der Waals surface area contributed by atoms with E-state index in [4.69, 9.17) is 21.1 Å². The lowest BCUT2D eigenvalue weighted by molar-refractivity contribution is -0.138. The molecule has 0 fully saturated rings. The number of carbonyl (C=O) groups excluding carboxylic acids is 1. The number of aliphatic carboxylic acids is 1. The van der Waals surface area contributed by atoms with Crippen molar-refractivity contribution in [3.63, 3.8) is 0 Å². The van der Waals surface area contributed by atoms with Gasteiger partial charge >= 0.3 is 5.97 Å². The van der Waals surface area contributed by atoms with Gasteiger partial charge < -0.3 is 16.6 Å². The van der Waals surface area contributed by atoms with E-state index in [0.29, 0.717) is 11.4 Å². The summed E-state index contributed by atoms with van der Waals surface area (Å²) in [4.78, 5) is 22.7. The Morgan fingerprint density at radius 1 is 1.04 bits per heavy atom. The minimum atomic E-state index is -4.29. The van der Waals surface area contributed by atoms with Gasteiger partial charge in [-0.05, 0) is 48.9 Å². The van der Waals surface area contributed by atoms with Gasteiger partial charge in [0.1, 0.15) is 6.04 Å². The summed E-state index contributed by atoms with van der Waals surface area (Å²) in [6.07, 6.45) is -0.116. The Morgan fingerprint density at radius 3 is 2.18 bits per heavy atom. The zero-order chi connectivity index (χ0) is 20.9. The standard InChI is InChI=1S/C17H18N4O6S/c18-14-6-3-11(9-13(14)16(22)8-7-15(19)17(23)24)21-20-10-1-4-12(5-2-10)28(25,26)27/h1-6,9,15H,7-8,18-19H2,(H,23,24)(H,25,26,27). The fourth-order valence-corrected chi connectivity index (χ4v) is 2.67. The van der Waals surface area contributed by atoms with Crippen molar-refractivity contribution in [1.82, 2.24) is 0 Å². The number of hydrogen-bond acceptors (Lipinski definition) is 8. The highest BCUT2D eigenvalue weighted by Crippen LogP contribution is 2.25. The van der Waals surface area contributed by atoms with Crippen molar-refractivity contribution in [2.75, 3.05) is 5.73 Å². The molecule has 0 aliphatic carbocycles. The van der Waals surface area contributed by atoms with Crippen molar-refractivity contribution in [2.45, 2.75) is 23.8 Å². The molecule has 1 atom stereocenters. The summed E-state index contributed by atoms with van der Waals surface area (Å²) in [5, 5.41) is 16.7. The first kappa shape index (κ1) is 21.2. The summed E-state index contributed by atoms with van der Waals surface area (Å²) in [6.45, 7) is 0. The number of ketones is 1. The van der Waals surface area contributed by atoms with E-state index in [0.717, 1.165) is 0 Å². The van der Waals surface area contributed by atoms with Gasteiger partial charge in [-0.2, -0.15) is 18.6 Å². The van der Waals surface area contributed by atoms with Crippen molar-refractivity contribution < 1.29 is 27.7 Å². The Kier molecular flexibility index (Phi) is 6.57. The van der Waals surface area contributed by atoms with Gasteiger partial charge in [-0.15, -0.1) is 0 Å². The molecule has 0 saturated heterocycles. The fourth-order valence-electron chi connectivity index (χ4n) is 2.19. The molecule has 28 heavy (non-hydrogen) atoms. The Balaban J connectivity index is 2.15. The number of hydrogen-bond donors (Lipinski definition) is 4. The molecule has 0 aliphatic rings. The van der Waals surface area contributed by atoms with Crippen molar-refractivity contribution in [1.29, 1.82) is 0 Å². The van der Waals surface area contributed by atoms with Gasteiger partial charge in [0.2, 0.25) is 0 Å². The van der Waals surface area contributed by atoms with Gasteiger partial charge in [-0.1, -0.05) is 0 Å². The molecule has 0 aliphatic heterocycles. The number of benzene rings is 2. The molecule has 2 aromatic carbocycles. The molecule has 2 aromatic rings. The molecular formula is C17H18N4O6S. The van der Waals surface area contributed by atoms with E-state index in [9.17, 15) is 18.0 Å². The first-order chi connectivity index (χ1) is 13.1. The number of carboxylic acids is 1. The second-order valence-corrected chi connectivity index (χ2v) is 7.27. The van der Waals surface area contributed by atoms with Crippen LogP contribution in [-0.4, -0.2) is 35.9 Å². The van der Waals surface area contributed by atoms with Gasteiger partial charge in [-0.25, -0.2) is 0 Å². The molecule has 6 N–H and O–H groups in total. The van der Waals surface area contributed by atoms with Crippen molar-refractivity contribution >= 4 is 38.9 Å². The summed E-state index contributed by atoms with van der Waals surface area (Å²) in [7, 11) is -4.29. The third-order valence-corrected chi connectivity index (χ3v) is 4.62. The lowest BCUT2D eigenvalue weighted by atomic mass is 10.0. The molecule has 10 nitrogen and oxygen atoms in total. The first-order valence-corrected chi connectivity index (χ1v) is 9.42. The van der Waals surface area contributed by atoms with E-state index in [2.05, 4.69) is 10.2 Å². The van der Waals surface area contributed by atoms with E-state index < -0.39 is 22.1 Å². The van der Waals surface area contributed by atoms with E-state index in [-0.39, 0.29) is 34.8 Å². The van der Waals surface area contributed by atoms with Crippen LogP contribution in [-0.2, 0) is 14.9 Å². The van der Waals surface area contributed by atoms with Crippen LogP contribution in [0.2, 0.25) is 0 Å². The Hall–Kier alpha value is -3.15. The van der Waals surface area contributed by atoms with E-state index >= 15 is 0 Å². The zero-order valence-corrected chi connectivity index (χ0v) is 15.3. The number of carboxylic acid groups (broad SMARTS) is 1. The van der Waals surface area contributed by atoms with Gasteiger partial charge in [0, 0.05) is 17.7 Å². The van der Waals surface area contributed by atoms with Crippen LogP contribution in [0.1, 0.15) is 23.2 Å². The fraction of sp³-hybridized carbons (Fsp3) is 0.176. The molecule has 0 heterocycles. The predicted molar refractivity (Wildman–Crippen MR) is 100 cm³/mol. The molecular weight excluding hydrogens is 388 g/mol. The normalized spacial score (nSPS) is 12.8. The maximum Gasteiger partial charge on any atom is 0.320 e. The summed E-state index contributed by atoms with van der Waals surface area (Å²) in [6, 6.07) is 8.33. The lowest BCUT2D eigenvalue weighted by Crippen LogP contribution is -2.30. The SMILES string of the molecule is Nc1ccc(N=Nc2ccc(S(=O)(=O)O)cc2)cc1C(=O)CCC(N)C(=O)O. The van der Waals surface area contributed by atoms with Crippen LogP contribution in [0.25, 0.3) is 0 Å². The van der Waals surface area contributed by atoms with Crippen LogP contribution in [0.3, 0.4) is 0 Å². The predicted octanol–water partition coefficient (Wildman–Crippen LogP) is 2.31. The van der Waals surface area contributed by atoms with Crippen LogP contribution >= 0.6 is 0 Å². The second kappa shape index (κ2) is 8.69. The number of azo groups is 1. The quantitative estimate of drug-likeness (QED) is 0.222. The number of nitrogens with zero attached hydrogens (tertiary/aromatic N) is 2. The average Bonchev–Trinajstić information content (AvgIpc) is 2.64. The molecule has 0 spiro atoms. The highest BCUT2D eigenvalue weighted by Gasteiger charge is 2.16. The van der Waals surface area contributed by atoms with Gasteiger partial charge in [0.25, 0.3) is 10.1 Å². The van der Waals surface area contributed by atoms with Crippen molar-refractivity contribution in [2.24, 2.45) is 16.0 Å². The monoisotopic (exact) mass is 406 g/mol. The van der Waals surface area contributed by atoms with Gasteiger partial charge in [-0.3, -0.25) is 14.1 Å². The van der Waals surface area contributed by atoms with Crippen molar-refractivity contribution in [3.8, 4) is 0 Å². The van der Waals surface area contributed by atoms with Crippen LogP contribution in [0.15, 0.2) is 57.6 Å². The number of nitrogen functional groups attached to an aromatic ring is 1. The molecule has 0 saturated carbocycles. The Labute approximate surface area is 160 Å². The Bertz CT molecular complexity index is 1020. The number of carbonyl (C=O) groups is 2. The maximum absolute atomic E-state index is 12.3. The third-order valence-electron chi connectivity index (χ3n) is 3.75. The maximum atomic E-state index is 12.3. The lowest BCUT2D eigenvalue weighted by Gasteiger charge is -2.08. The van der Waals surface area contributed by atoms with E-state index in [1.165, 1.54) is 42.5 Å². The summed E-state index contributed by atoms with van der Waals surface area (Å²) in [5.41, 5.74) is 12.2. The molecule has 0 amide bonds. The molecule has 148 valence electrons. The van der Waals surface area contributed by atoms with E-state index in [1.807, 2.05) is 0 Å². The van der Waals surface area contributed by atoms with Crippen LogP contribution in [0.4, 0.5) is 17.1 Å². The summed E-state index contributed by atoms with van der Waals surface area (Å²) in [5.74, 6) is -1.56. The minimum absolute atomic E-state index is 0.0283. The molecule has 11 heteroatoms. The van der Waals surface area contributed by atoms with Gasteiger partial charge in [0.05, 0.1) is 16.3 Å². The molecule has 0 radical (unpaired) electrons. The molecule has 2 rings (SSSR count). The van der Waals surface area contributed by atoms with Gasteiger partial charge in [0.15, 0.2) is 5.78 Å². The average molecular weight is 406 g/mol. The number of rotatable bonds is 8. The topological polar surface area (TPSA) is 186 Å². The third kappa shape index (κ3) is 5.67. The van der Waals surface area contributed by atoms with Crippen LogP contribution in [0.5, 0.6) is 0 Å². The highest BCUT2D eigenvalue weighted by molar-refractivity contribution is 7.85. The first-order valence-electron chi connectivity index (χ1n) is 7.98. The second-order valence-electron chi connectivity index (χ2n) is 5.85. The summed E-state index contributed by atoms with van der Waals surface area (Å²) < 4.78 is 31.0. The molecule has 0 bridgehead atoms. The number of nitrogens with two attached hydrogens (primary N) is 2. The largest absolute Gasteiger partial charge is 0.480 e. The molecule has 0 aromatic heterocycles. The zero-order valence-electron chi connectivity index (χ0n) is 14.5. The summed E-state index contributed by atoms with van der Waals surface area (Å²) >= 11 is 0. The number of anilines is 1. The van der Waals surface area contributed by atoms with Crippen molar-refractivity contribution in [3.05, 3.63) is 48.0 Å². The van der Waals surface area contributed by atoms with E-state index in [1.54, 1.807) is 0 Å². The highest BCUT2D eigenvalue weighted by atomic mass is 32.2. The van der Waals surface area contributed by atoms with Crippen LogP contribution in [0, 0.1) is 0 Å². The minimum Gasteiger partial charge on any atom is -0.480 e. The molecule has 1 unspecified atom stereocenters.